The molecule has 0 aromatic carbocycles. The molecule has 6 saturated heterocycles. The summed E-state index contributed by atoms with van der Waals surface area (Å²) in [6.07, 6.45) is 31.1. The van der Waals surface area contributed by atoms with Crippen molar-refractivity contribution in [3.05, 3.63) is 109 Å². The fourth-order valence-electron chi connectivity index (χ4n) is 18.2. The summed E-state index contributed by atoms with van der Waals surface area (Å²) in [5, 5.41) is 22.1. The second-order valence-electron chi connectivity index (χ2n) is 32.2. The minimum absolute atomic E-state index is 0.0228. The number of carbonyl (C=O) groups is 6. The Morgan fingerprint density at radius 3 is 0.865 bits per heavy atom. The maximum absolute atomic E-state index is 13.1. The van der Waals surface area contributed by atoms with Gasteiger partial charge in [-0.3, -0.25) is 28.8 Å². The molecule has 0 radical (unpaired) electrons. The van der Waals surface area contributed by atoms with Crippen molar-refractivity contribution in [2.45, 2.75) is 134 Å². The van der Waals surface area contributed by atoms with Gasteiger partial charge in [-0.2, -0.15) is 15.0 Å². The van der Waals surface area contributed by atoms with Crippen LogP contribution in [-0.4, -0.2) is 210 Å². The van der Waals surface area contributed by atoms with E-state index in [-0.39, 0.29) is 71.3 Å². The minimum atomic E-state index is -0.0228. The smallest absolute Gasteiger partial charge is 0.270 e. The van der Waals surface area contributed by atoms with E-state index in [4.69, 9.17) is 15.0 Å². The van der Waals surface area contributed by atoms with Crippen molar-refractivity contribution >= 4 is 121 Å². The molecule has 15 heterocycles. The fraction of sp³-hybridized carbons (Fsp3) is 0.519. The zero-order chi connectivity index (χ0) is 76.6. The van der Waals surface area contributed by atoms with Gasteiger partial charge in [0.2, 0.25) is 35.6 Å². The summed E-state index contributed by atoms with van der Waals surface area (Å²) >= 11 is 0. The lowest BCUT2D eigenvalue weighted by atomic mass is 10.0. The SMILES string of the molecule is CN(C)C(=O)c1cc2cnc(Nc3ccc(N4CC5CNCC5C4=O)cn3)nc2n1C1CCCCCC1.CN(C)C(=O)c1cc2cnc(Nc3ccc(N4C[C@@H]5CNC[C@@H]5C4=O)cn3)nc2n1C1CCCCCC1.CN(C)C(=O)c1cc2cnc(Nc3ccc(N4C[C@H]5CNC[C@H]5C4=O)cn3)nc2n1C1CCCCCC1. The van der Waals surface area contributed by atoms with E-state index < -0.39 is 0 Å². The topological polar surface area (TPSA) is 325 Å². The molecular weight excluding hydrogens is 1410 g/mol. The molecule has 0 spiro atoms. The van der Waals surface area contributed by atoms with Gasteiger partial charge in [0.1, 0.15) is 51.5 Å². The van der Waals surface area contributed by atoms with Gasteiger partial charge in [-0.15, -0.1) is 0 Å². The minimum Gasteiger partial charge on any atom is -0.343 e. The molecular formula is C81H102N24O6. The molecule has 6 N–H and O–H groups in total. The third kappa shape index (κ3) is 15.4. The number of anilines is 9. The molecule has 9 aromatic rings. The van der Waals surface area contributed by atoms with Crippen LogP contribution in [0.5, 0.6) is 0 Å². The molecule has 30 nitrogen and oxygen atoms in total. The third-order valence-corrected chi connectivity index (χ3v) is 24.1. The predicted octanol–water partition coefficient (Wildman–Crippen LogP) is 10.0. The van der Waals surface area contributed by atoms with Gasteiger partial charge in [0.05, 0.1) is 53.4 Å². The number of hydrogen-bond donors (Lipinski definition) is 6. The normalized spacial score (nSPS) is 22.3. The number of pyridine rings is 3. The lowest BCUT2D eigenvalue weighted by Gasteiger charge is -2.22. The van der Waals surface area contributed by atoms with Gasteiger partial charge in [0, 0.05) is 172 Å². The predicted molar refractivity (Wildman–Crippen MR) is 426 cm³/mol. The van der Waals surface area contributed by atoms with E-state index >= 15 is 0 Å². The number of aromatic nitrogens is 12. The number of rotatable bonds is 15. The van der Waals surface area contributed by atoms with E-state index in [1.807, 2.05) is 69.3 Å². The Morgan fingerprint density at radius 1 is 0.360 bits per heavy atom. The molecule has 0 bridgehead atoms. The van der Waals surface area contributed by atoms with Crippen molar-refractivity contribution in [2.75, 3.05) is 132 Å². The van der Waals surface area contributed by atoms with Gasteiger partial charge >= 0.3 is 0 Å². The molecule has 111 heavy (non-hydrogen) atoms. The van der Waals surface area contributed by atoms with Crippen molar-refractivity contribution in [1.29, 1.82) is 0 Å². The fourth-order valence-corrected chi connectivity index (χ4v) is 18.2. The summed E-state index contributed by atoms with van der Waals surface area (Å²) in [7, 11) is 10.7. The number of fused-ring (bicyclic) bond motifs is 6. The molecule has 6 atom stereocenters. The van der Waals surface area contributed by atoms with Crippen LogP contribution in [0.3, 0.4) is 0 Å². The number of nitrogens with zero attached hydrogens (tertiary/aromatic N) is 18. The lowest BCUT2D eigenvalue weighted by molar-refractivity contribution is -0.121. The van der Waals surface area contributed by atoms with Gasteiger partial charge in [0.15, 0.2) is 0 Å². The zero-order valence-electron chi connectivity index (χ0n) is 64.4. The highest BCUT2D eigenvalue weighted by Gasteiger charge is 2.46. The average Bonchev–Trinajstić information content (AvgIpc) is 1.62. The van der Waals surface area contributed by atoms with Crippen molar-refractivity contribution in [1.82, 2.24) is 89.2 Å². The molecule has 582 valence electrons. The van der Waals surface area contributed by atoms with E-state index in [9.17, 15) is 28.8 Å². The lowest BCUT2D eigenvalue weighted by Crippen LogP contribution is -2.30. The van der Waals surface area contributed by atoms with E-state index in [1.54, 1.807) is 94.2 Å². The summed E-state index contributed by atoms with van der Waals surface area (Å²) in [6, 6.07) is 17.8. The first-order chi connectivity index (χ1) is 54.0. The Labute approximate surface area is 645 Å². The summed E-state index contributed by atoms with van der Waals surface area (Å²) < 4.78 is 6.41. The number of carbonyl (C=O) groups excluding carboxylic acids is 6. The maximum Gasteiger partial charge on any atom is 0.270 e. The van der Waals surface area contributed by atoms with Crippen molar-refractivity contribution < 1.29 is 28.8 Å². The monoisotopic (exact) mass is 1510 g/mol. The maximum atomic E-state index is 13.1. The Balaban J connectivity index is 0.000000126. The zero-order valence-corrected chi connectivity index (χ0v) is 64.4. The van der Waals surface area contributed by atoms with E-state index in [1.165, 1.54) is 38.5 Å². The number of nitrogens with one attached hydrogen (secondary N) is 6. The Morgan fingerprint density at radius 2 is 0.631 bits per heavy atom. The third-order valence-electron chi connectivity index (χ3n) is 24.1. The van der Waals surface area contributed by atoms with Crippen molar-refractivity contribution in [3.63, 3.8) is 0 Å². The summed E-state index contributed by atoms with van der Waals surface area (Å²) in [6.45, 7) is 7.16. The van der Waals surface area contributed by atoms with Crippen LogP contribution in [0.2, 0.25) is 0 Å². The molecule has 6 aliphatic heterocycles. The molecule has 18 rings (SSSR count). The summed E-state index contributed by atoms with van der Waals surface area (Å²) in [5.41, 5.74) is 6.75. The highest BCUT2D eigenvalue weighted by Crippen LogP contribution is 2.40. The first kappa shape index (κ1) is 74.5. The van der Waals surface area contributed by atoms with Crippen LogP contribution < -0.4 is 46.6 Å². The second kappa shape index (κ2) is 32.4. The standard InChI is InChI=1S/3C27H34N8O2/c3*1-33(2)26(37)22-11-17-13-30-27(32-24(17)35(22)19-7-5-3-4-6-8-19)31-23-10-9-20(14-29-23)34-16-18-12-28-15-21(18)25(34)36/h3*9-11,13-14,18-19,21,28H,3-8,12,15-16H2,1-2H3,(H,29,30,31,32)/t2*18-,21-;/m10./s1. The van der Waals surface area contributed by atoms with Gasteiger partial charge in [0.25, 0.3) is 17.7 Å². The average molecular weight is 1510 g/mol. The largest absolute Gasteiger partial charge is 0.343 e. The van der Waals surface area contributed by atoms with Crippen LogP contribution in [0, 0.1) is 35.5 Å². The van der Waals surface area contributed by atoms with Gasteiger partial charge in [-0.25, -0.2) is 29.9 Å². The number of amides is 6. The number of hydrogen-bond acceptors (Lipinski definition) is 21. The van der Waals surface area contributed by atoms with E-state index in [0.717, 1.165) is 186 Å². The molecule has 9 fully saturated rings. The molecule has 30 heteroatoms. The van der Waals surface area contributed by atoms with E-state index in [0.29, 0.717) is 70.1 Å². The van der Waals surface area contributed by atoms with E-state index in [2.05, 4.69) is 75.5 Å². The summed E-state index contributed by atoms with van der Waals surface area (Å²) in [5.74, 6) is 4.92. The second-order valence-corrected chi connectivity index (χ2v) is 32.2. The van der Waals surface area contributed by atoms with Gasteiger partial charge in [-0.1, -0.05) is 77.0 Å². The Hall–Kier alpha value is -10.6. The molecule has 3 saturated carbocycles. The Kier molecular flexibility index (Phi) is 21.7. The first-order valence-electron chi connectivity index (χ1n) is 40.0. The van der Waals surface area contributed by atoms with Crippen LogP contribution in [0.4, 0.5) is 52.4 Å². The van der Waals surface area contributed by atoms with Gasteiger partial charge in [-0.05, 0) is 93.1 Å². The Bertz CT molecular complexity index is 4410. The van der Waals surface area contributed by atoms with Crippen LogP contribution in [0.15, 0.2) is 91.8 Å². The van der Waals surface area contributed by atoms with Crippen LogP contribution in [-0.2, 0) is 14.4 Å². The van der Waals surface area contributed by atoms with Gasteiger partial charge < -0.3 is 75.0 Å². The molecule has 9 aromatic heterocycles. The first-order valence-corrected chi connectivity index (χ1v) is 40.0. The van der Waals surface area contributed by atoms with Crippen molar-refractivity contribution in [2.24, 2.45) is 35.5 Å². The van der Waals surface area contributed by atoms with Crippen LogP contribution >= 0.6 is 0 Å². The summed E-state index contributed by atoms with van der Waals surface area (Å²) in [4.78, 5) is 130. The molecule has 2 unspecified atom stereocenters. The highest BCUT2D eigenvalue weighted by molar-refractivity contribution is 6.02. The molecule has 9 aliphatic rings. The highest BCUT2D eigenvalue weighted by atomic mass is 16.2. The van der Waals surface area contributed by atoms with Crippen LogP contribution in [0.25, 0.3) is 33.1 Å². The molecule has 3 aliphatic carbocycles. The van der Waals surface area contributed by atoms with Crippen LogP contribution in [0.1, 0.15) is 165 Å². The quantitative estimate of drug-likeness (QED) is 0.0520. The molecule has 6 amide bonds. The van der Waals surface area contributed by atoms with Crippen molar-refractivity contribution in [3.8, 4) is 0 Å².